The highest BCUT2D eigenvalue weighted by atomic mass is 16.1. The molecule has 13 heavy (non-hydrogen) atoms. The van der Waals surface area contributed by atoms with Crippen molar-refractivity contribution < 1.29 is 0 Å². The van der Waals surface area contributed by atoms with Gasteiger partial charge >= 0.3 is 5.82 Å². The molecule has 0 aromatic carbocycles. The van der Waals surface area contributed by atoms with E-state index < -0.39 is 0 Å². The van der Waals surface area contributed by atoms with Crippen LogP contribution in [0, 0.1) is 0 Å². The van der Waals surface area contributed by atoms with Crippen LogP contribution in [0.25, 0.3) is 0 Å². The zero-order chi connectivity index (χ0) is 9.42. The predicted molar refractivity (Wildman–Crippen MR) is 50.5 cm³/mol. The van der Waals surface area contributed by atoms with E-state index in [4.69, 9.17) is 0 Å². The first-order valence-electron chi connectivity index (χ1n) is 3.85. The maximum atomic E-state index is 11.4. The van der Waals surface area contributed by atoms with Crippen LogP contribution in [0.2, 0.25) is 0 Å². The Morgan fingerprint density at radius 1 is 1.54 bits per heavy atom. The van der Waals surface area contributed by atoms with E-state index in [1.807, 2.05) is 0 Å². The summed E-state index contributed by atoms with van der Waals surface area (Å²) < 4.78 is 0. The van der Waals surface area contributed by atoms with E-state index in [9.17, 15) is 4.79 Å². The van der Waals surface area contributed by atoms with Gasteiger partial charge in [-0.15, -0.1) is 0 Å². The Morgan fingerprint density at radius 3 is 3.00 bits per heavy atom. The highest BCUT2D eigenvalue weighted by molar-refractivity contribution is 6.00. The molecule has 0 spiro atoms. The van der Waals surface area contributed by atoms with Gasteiger partial charge in [0.05, 0.1) is 0 Å². The molecule has 6 nitrogen and oxygen atoms in total. The van der Waals surface area contributed by atoms with Crippen molar-refractivity contribution in [2.45, 2.75) is 6.92 Å². The fraction of sp³-hybridized carbons (Fsp3) is 0.286. The van der Waals surface area contributed by atoms with Crippen molar-refractivity contribution in [2.75, 3.05) is 17.7 Å². The fourth-order valence-corrected chi connectivity index (χ4v) is 1.14. The summed E-state index contributed by atoms with van der Waals surface area (Å²) in [6.45, 7) is 1.78. The average molecular weight is 179 g/mol. The second-order valence-electron chi connectivity index (χ2n) is 2.69. The Hall–Kier alpha value is -1.85. The molecule has 0 fully saturated rings. The summed E-state index contributed by atoms with van der Waals surface area (Å²) in [5, 5.41) is 5.58. The maximum absolute atomic E-state index is 11.4. The first-order valence-corrected chi connectivity index (χ1v) is 3.85. The molecule has 0 aliphatic carbocycles. The van der Waals surface area contributed by atoms with Gasteiger partial charge in [0.15, 0.2) is 0 Å². The van der Waals surface area contributed by atoms with Gasteiger partial charge in [0.2, 0.25) is 11.5 Å². The quantitative estimate of drug-likeness (QED) is 0.548. The van der Waals surface area contributed by atoms with Crippen molar-refractivity contribution in [3.63, 3.8) is 0 Å². The van der Waals surface area contributed by atoms with Crippen LogP contribution in [-0.2, 0) is 0 Å². The number of hydrogen-bond donors (Lipinski definition) is 3. The molecule has 2 rings (SSSR count). The molecule has 0 atom stereocenters. The van der Waals surface area contributed by atoms with Crippen LogP contribution in [0.4, 0.5) is 17.5 Å². The van der Waals surface area contributed by atoms with E-state index in [0.717, 1.165) is 0 Å². The zero-order valence-electron chi connectivity index (χ0n) is 7.30. The summed E-state index contributed by atoms with van der Waals surface area (Å²) in [5.74, 6) is 1.54. The molecule has 0 saturated heterocycles. The molecule has 6 heteroatoms. The van der Waals surface area contributed by atoms with Crippen molar-refractivity contribution in [1.29, 1.82) is 0 Å². The van der Waals surface area contributed by atoms with Gasteiger partial charge in [0.1, 0.15) is 0 Å². The Kier molecular flexibility index (Phi) is 1.54. The molecule has 0 unspecified atom stereocenters. The number of fused-ring (bicyclic) bond motifs is 1. The molecule has 3 N–H and O–H groups in total. The van der Waals surface area contributed by atoms with E-state index in [1.165, 1.54) is 0 Å². The lowest BCUT2D eigenvalue weighted by Crippen LogP contribution is -2.15. The molecular formula is C7H9N5O+. The molecule has 2 heterocycles. The lowest BCUT2D eigenvalue weighted by Gasteiger charge is -1.93. The number of nitrogens with one attached hydrogen (secondary N) is 3. The second kappa shape index (κ2) is 2.58. The highest BCUT2D eigenvalue weighted by Gasteiger charge is 2.26. The van der Waals surface area contributed by atoms with Crippen LogP contribution in [0.1, 0.15) is 6.92 Å². The SMILES string of the molecule is CNc1nc2c(c(=O)[nH]1)NC(C)=[N+]2. The molecule has 1 aliphatic rings. The molecule has 0 amide bonds. The minimum atomic E-state index is -0.213. The number of aliphatic imine (C=N–C) groups is 1. The molecule has 0 saturated carbocycles. The topological polar surface area (TPSA) is 83.9 Å². The Balaban J connectivity index is 2.61. The van der Waals surface area contributed by atoms with Gasteiger partial charge in [-0.2, -0.15) is 0 Å². The smallest absolute Gasteiger partial charge is 0.345 e. The molecular weight excluding hydrogens is 170 g/mol. The number of amidine groups is 1. The molecule has 1 aromatic heterocycles. The van der Waals surface area contributed by atoms with Crippen LogP contribution in [0.3, 0.4) is 0 Å². The predicted octanol–water partition coefficient (Wildman–Crippen LogP) is -0.377. The number of nitrogens with zero attached hydrogens (tertiary/aromatic N) is 2. The average Bonchev–Trinajstić information content (AvgIpc) is 2.46. The number of aromatic amines is 1. The van der Waals surface area contributed by atoms with E-state index in [2.05, 4.69) is 25.6 Å². The Bertz CT molecular complexity index is 433. The van der Waals surface area contributed by atoms with Gasteiger partial charge in [-0.3, -0.25) is 15.1 Å². The summed E-state index contributed by atoms with van der Waals surface area (Å²) in [7, 11) is 1.68. The molecule has 67 valence electrons. The van der Waals surface area contributed by atoms with Crippen LogP contribution >= 0.6 is 0 Å². The summed E-state index contributed by atoms with van der Waals surface area (Å²) in [4.78, 5) is 22.1. The molecule has 0 bridgehead atoms. The number of rotatable bonds is 1. The van der Waals surface area contributed by atoms with Gasteiger partial charge in [0.25, 0.3) is 11.5 Å². The summed E-state index contributed by atoms with van der Waals surface area (Å²) in [6.07, 6.45) is 0. The lowest BCUT2D eigenvalue weighted by molar-refractivity contribution is 1.10. The lowest BCUT2D eigenvalue weighted by atomic mass is 10.5. The van der Waals surface area contributed by atoms with Crippen LogP contribution in [0.5, 0.6) is 0 Å². The van der Waals surface area contributed by atoms with Crippen LogP contribution < -0.4 is 21.2 Å². The van der Waals surface area contributed by atoms with E-state index >= 15 is 0 Å². The molecule has 1 radical (unpaired) electrons. The van der Waals surface area contributed by atoms with E-state index in [1.54, 1.807) is 14.0 Å². The van der Waals surface area contributed by atoms with Crippen LogP contribution in [0.15, 0.2) is 4.79 Å². The van der Waals surface area contributed by atoms with Gasteiger partial charge in [0, 0.05) is 14.0 Å². The largest absolute Gasteiger partial charge is 0.345 e. The van der Waals surface area contributed by atoms with E-state index in [0.29, 0.717) is 23.3 Å². The Labute approximate surface area is 74.1 Å². The number of anilines is 2. The third-order valence-electron chi connectivity index (χ3n) is 1.72. The van der Waals surface area contributed by atoms with Crippen molar-refractivity contribution in [3.05, 3.63) is 10.4 Å². The van der Waals surface area contributed by atoms with Crippen molar-refractivity contribution in [3.8, 4) is 0 Å². The third kappa shape index (κ3) is 1.16. The summed E-state index contributed by atoms with van der Waals surface area (Å²) >= 11 is 0. The summed E-state index contributed by atoms with van der Waals surface area (Å²) in [5.41, 5.74) is 0.200. The van der Waals surface area contributed by atoms with Crippen molar-refractivity contribution >= 4 is 23.3 Å². The minimum absolute atomic E-state index is 0.213. The standard InChI is InChI=1S/C7H9N5O/c1-3-9-4-5(10-3)11-7(8-2)12-6(4)13/h9H,1-2H3,(H2,8,11,12,13)/q+1. The zero-order valence-corrected chi connectivity index (χ0v) is 7.30. The number of aromatic nitrogens is 2. The van der Waals surface area contributed by atoms with Gasteiger partial charge < -0.3 is 5.32 Å². The fourth-order valence-electron chi connectivity index (χ4n) is 1.14. The van der Waals surface area contributed by atoms with Crippen molar-refractivity contribution in [1.82, 2.24) is 15.0 Å². The molecule has 1 aliphatic heterocycles. The van der Waals surface area contributed by atoms with Crippen molar-refractivity contribution in [2.24, 2.45) is 0 Å². The number of hydrogen-bond acceptors (Lipinski definition) is 5. The second-order valence-corrected chi connectivity index (χ2v) is 2.69. The maximum Gasteiger partial charge on any atom is 0.345 e. The molecule has 1 aromatic rings. The van der Waals surface area contributed by atoms with E-state index in [-0.39, 0.29) is 5.56 Å². The third-order valence-corrected chi connectivity index (χ3v) is 1.72. The Morgan fingerprint density at radius 2 is 2.31 bits per heavy atom. The monoisotopic (exact) mass is 179 g/mol. The van der Waals surface area contributed by atoms with Gasteiger partial charge in [-0.05, 0) is 0 Å². The minimum Gasteiger partial charge on any atom is -0.345 e. The highest BCUT2D eigenvalue weighted by Crippen LogP contribution is 2.17. The first-order chi connectivity index (χ1) is 6.20. The van der Waals surface area contributed by atoms with Crippen LogP contribution in [-0.4, -0.2) is 22.9 Å². The van der Waals surface area contributed by atoms with Gasteiger partial charge in [-0.25, -0.2) is 0 Å². The van der Waals surface area contributed by atoms with Gasteiger partial charge in [-0.1, -0.05) is 9.98 Å². The first kappa shape index (κ1) is 7.78. The summed E-state index contributed by atoms with van der Waals surface area (Å²) in [6, 6.07) is 0. The normalized spacial score (nSPS) is 13.2. The number of H-pyrrole nitrogens is 1.